The summed E-state index contributed by atoms with van der Waals surface area (Å²) in [6.07, 6.45) is -0.0760. The van der Waals surface area contributed by atoms with Gasteiger partial charge in [-0.1, -0.05) is 48.5 Å². The maximum absolute atomic E-state index is 13.9. The van der Waals surface area contributed by atoms with Crippen molar-refractivity contribution in [2.75, 3.05) is 26.8 Å². The van der Waals surface area contributed by atoms with Crippen LogP contribution < -0.4 is 14.8 Å². The molecule has 4 rings (SSSR count). The number of fused-ring (bicyclic) bond motifs is 1. The van der Waals surface area contributed by atoms with Crippen LogP contribution in [0.3, 0.4) is 0 Å². The van der Waals surface area contributed by atoms with Crippen molar-refractivity contribution in [1.29, 1.82) is 0 Å². The second-order valence-corrected chi connectivity index (χ2v) is 11.5. The van der Waals surface area contributed by atoms with E-state index in [4.69, 9.17) is 18.9 Å². The number of rotatable bonds is 10. The highest BCUT2D eigenvalue weighted by Crippen LogP contribution is 2.33. The fraction of sp³-hybridized carbons (Fsp3) is 0.382. The van der Waals surface area contributed by atoms with E-state index in [0.29, 0.717) is 36.6 Å². The molecule has 2 amide bonds. The Hall–Kier alpha value is -4.53. The molecule has 1 heterocycles. The third kappa shape index (κ3) is 8.98. The smallest absolute Gasteiger partial charge is 0.407 e. The molecule has 3 aromatic rings. The van der Waals surface area contributed by atoms with Crippen molar-refractivity contribution in [3.8, 4) is 22.6 Å². The van der Waals surface area contributed by atoms with Gasteiger partial charge in [-0.25, -0.2) is 4.79 Å². The number of methoxy groups -OCH3 is 1. The first-order chi connectivity index (χ1) is 20.5. The number of amides is 2. The predicted octanol–water partition coefficient (Wildman–Crippen LogP) is 5.65. The summed E-state index contributed by atoms with van der Waals surface area (Å²) in [6.45, 7) is 8.20. The zero-order valence-corrected chi connectivity index (χ0v) is 25.4. The second-order valence-electron chi connectivity index (χ2n) is 11.5. The highest BCUT2D eigenvalue weighted by atomic mass is 16.6. The molecule has 0 fully saturated rings. The number of nitrogens with zero attached hydrogens (tertiary/aromatic N) is 1. The van der Waals surface area contributed by atoms with Gasteiger partial charge in [-0.3, -0.25) is 9.59 Å². The third-order valence-electron chi connectivity index (χ3n) is 6.92. The molecule has 3 aromatic carbocycles. The monoisotopic (exact) mass is 588 g/mol. The van der Waals surface area contributed by atoms with Crippen LogP contribution in [0.1, 0.15) is 50.0 Å². The Bertz CT molecular complexity index is 1400. The van der Waals surface area contributed by atoms with Gasteiger partial charge in [-0.2, -0.15) is 0 Å². The standard InChI is InChI=1S/C34H40N2O7/c1-23(19-31(37)40-5)36-22-28(20-24-9-7-6-8-10-24)42-30-16-13-26(21-29(30)32(36)38)25-11-14-27(15-12-25)41-18-17-35-33(39)43-34(2,3)4/h6-16,21,23,28H,17-20,22H2,1-5H3,(H,35,39). The van der Waals surface area contributed by atoms with Gasteiger partial charge in [0.1, 0.15) is 29.8 Å². The first-order valence-corrected chi connectivity index (χ1v) is 14.4. The van der Waals surface area contributed by atoms with E-state index < -0.39 is 11.7 Å². The van der Waals surface area contributed by atoms with E-state index in [1.807, 2.05) is 100 Å². The SMILES string of the molecule is COC(=O)CC(C)N1CC(Cc2ccccc2)Oc2ccc(-c3ccc(OCCNC(=O)OC(C)(C)C)cc3)cc2C1=O. The Labute approximate surface area is 253 Å². The fourth-order valence-electron chi connectivity index (χ4n) is 4.83. The van der Waals surface area contributed by atoms with Crippen LogP contribution in [0.5, 0.6) is 11.5 Å². The van der Waals surface area contributed by atoms with Gasteiger partial charge >= 0.3 is 12.1 Å². The van der Waals surface area contributed by atoms with Crippen molar-refractivity contribution >= 4 is 18.0 Å². The average molecular weight is 589 g/mol. The highest BCUT2D eigenvalue weighted by molar-refractivity contribution is 5.99. The minimum absolute atomic E-state index is 0.0874. The summed E-state index contributed by atoms with van der Waals surface area (Å²) in [5.74, 6) is 0.596. The molecule has 2 atom stereocenters. The van der Waals surface area contributed by atoms with Gasteiger partial charge in [0.05, 0.1) is 32.2 Å². The molecule has 0 aromatic heterocycles. The highest BCUT2D eigenvalue weighted by Gasteiger charge is 2.33. The summed E-state index contributed by atoms with van der Waals surface area (Å²) >= 11 is 0. The quantitative estimate of drug-likeness (QED) is 0.241. The largest absolute Gasteiger partial charge is 0.492 e. The van der Waals surface area contributed by atoms with Crippen LogP contribution in [0.25, 0.3) is 11.1 Å². The molecular weight excluding hydrogens is 548 g/mol. The van der Waals surface area contributed by atoms with E-state index in [1.165, 1.54) is 7.11 Å². The Balaban J connectivity index is 1.49. The molecule has 0 saturated carbocycles. The van der Waals surface area contributed by atoms with Crippen LogP contribution in [0.4, 0.5) is 4.79 Å². The minimum Gasteiger partial charge on any atom is -0.492 e. The van der Waals surface area contributed by atoms with Gasteiger partial charge in [0, 0.05) is 12.5 Å². The van der Waals surface area contributed by atoms with E-state index in [0.717, 1.165) is 16.7 Å². The number of carbonyl (C=O) groups is 3. The molecule has 0 radical (unpaired) electrons. The number of carbonyl (C=O) groups excluding carboxylic acids is 3. The lowest BCUT2D eigenvalue weighted by atomic mass is 10.0. The van der Waals surface area contributed by atoms with Crippen LogP contribution in [0.2, 0.25) is 0 Å². The summed E-state index contributed by atoms with van der Waals surface area (Å²) < 4.78 is 22.3. The lowest BCUT2D eigenvalue weighted by molar-refractivity contribution is -0.141. The van der Waals surface area contributed by atoms with E-state index in [9.17, 15) is 14.4 Å². The van der Waals surface area contributed by atoms with Crippen molar-refractivity contribution in [3.05, 3.63) is 83.9 Å². The molecule has 1 aliphatic heterocycles. The van der Waals surface area contributed by atoms with E-state index in [2.05, 4.69) is 5.32 Å². The van der Waals surface area contributed by atoms with Crippen molar-refractivity contribution in [2.45, 2.75) is 58.3 Å². The summed E-state index contributed by atoms with van der Waals surface area (Å²) in [5, 5.41) is 2.67. The zero-order chi connectivity index (χ0) is 31.0. The Kier molecular flexibility index (Phi) is 10.3. The Morgan fingerprint density at radius 1 is 1.02 bits per heavy atom. The lowest BCUT2D eigenvalue weighted by Crippen LogP contribution is -2.44. The van der Waals surface area contributed by atoms with Crippen molar-refractivity contribution < 1.29 is 33.3 Å². The number of ether oxygens (including phenoxy) is 4. The topological polar surface area (TPSA) is 103 Å². The van der Waals surface area contributed by atoms with Crippen molar-refractivity contribution in [3.63, 3.8) is 0 Å². The maximum Gasteiger partial charge on any atom is 0.407 e. The van der Waals surface area contributed by atoms with Crippen LogP contribution in [0, 0.1) is 0 Å². The number of hydrogen-bond donors (Lipinski definition) is 1. The van der Waals surface area contributed by atoms with Gasteiger partial charge in [0.2, 0.25) is 0 Å². The van der Waals surface area contributed by atoms with Gasteiger partial charge < -0.3 is 29.2 Å². The number of alkyl carbamates (subject to hydrolysis) is 1. The molecule has 0 saturated heterocycles. The molecular formula is C34H40N2O7. The van der Waals surface area contributed by atoms with Crippen LogP contribution >= 0.6 is 0 Å². The van der Waals surface area contributed by atoms with Crippen molar-refractivity contribution in [1.82, 2.24) is 10.2 Å². The maximum atomic E-state index is 13.9. The van der Waals surface area contributed by atoms with Gasteiger partial charge in [0.25, 0.3) is 5.91 Å². The van der Waals surface area contributed by atoms with Crippen molar-refractivity contribution in [2.24, 2.45) is 0 Å². The molecule has 9 heteroatoms. The molecule has 0 bridgehead atoms. The molecule has 1 aliphatic rings. The Morgan fingerprint density at radius 2 is 1.72 bits per heavy atom. The third-order valence-corrected chi connectivity index (χ3v) is 6.92. The first-order valence-electron chi connectivity index (χ1n) is 14.4. The fourth-order valence-corrected chi connectivity index (χ4v) is 4.83. The Morgan fingerprint density at radius 3 is 2.40 bits per heavy atom. The second kappa shape index (κ2) is 14.1. The van der Waals surface area contributed by atoms with E-state index in [-0.39, 0.29) is 37.0 Å². The first kappa shape index (κ1) is 31.4. The average Bonchev–Trinajstić information content (AvgIpc) is 3.11. The number of nitrogens with one attached hydrogen (secondary N) is 1. The molecule has 2 unspecified atom stereocenters. The molecule has 0 spiro atoms. The van der Waals surface area contributed by atoms with Gasteiger partial charge in [-0.15, -0.1) is 0 Å². The van der Waals surface area contributed by atoms with Crippen LogP contribution in [0.15, 0.2) is 72.8 Å². The van der Waals surface area contributed by atoms with Crippen LogP contribution in [-0.2, 0) is 20.7 Å². The van der Waals surface area contributed by atoms with E-state index in [1.54, 1.807) is 4.90 Å². The molecule has 228 valence electrons. The summed E-state index contributed by atoms with van der Waals surface area (Å²) in [7, 11) is 1.35. The molecule has 0 aliphatic carbocycles. The normalized spacial score (nSPS) is 15.4. The lowest BCUT2D eigenvalue weighted by Gasteiger charge is -2.29. The van der Waals surface area contributed by atoms with Gasteiger partial charge in [-0.05, 0) is 68.7 Å². The number of hydrogen-bond acceptors (Lipinski definition) is 7. The van der Waals surface area contributed by atoms with E-state index >= 15 is 0 Å². The van der Waals surface area contributed by atoms with Gasteiger partial charge in [0.15, 0.2) is 0 Å². The molecule has 1 N–H and O–H groups in total. The number of esters is 1. The molecule has 43 heavy (non-hydrogen) atoms. The predicted molar refractivity (Wildman–Crippen MR) is 163 cm³/mol. The minimum atomic E-state index is -0.559. The number of benzene rings is 3. The van der Waals surface area contributed by atoms with Crippen LogP contribution in [-0.4, -0.2) is 67.4 Å². The zero-order valence-electron chi connectivity index (χ0n) is 25.4. The summed E-state index contributed by atoms with van der Waals surface area (Å²) in [5.41, 5.74) is 2.73. The molecule has 9 nitrogen and oxygen atoms in total. The summed E-state index contributed by atoms with van der Waals surface area (Å²) in [4.78, 5) is 39.5. The summed E-state index contributed by atoms with van der Waals surface area (Å²) in [6, 6.07) is 22.7.